The number of hydrogen-bond donors (Lipinski definition) is 1. The lowest BCUT2D eigenvalue weighted by Gasteiger charge is -2.42. The summed E-state index contributed by atoms with van der Waals surface area (Å²) in [6.07, 6.45) is -5.97. The van der Waals surface area contributed by atoms with Gasteiger partial charge in [0, 0.05) is 11.8 Å². The highest BCUT2D eigenvalue weighted by molar-refractivity contribution is 5.95. The summed E-state index contributed by atoms with van der Waals surface area (Å²) in [5.74, 6) is -8.58. The Hall–Kier alpha value is -1.02. The number of Topliss-reactive ketones (excluding diaryl/α,β-unsaturated/α-hetero) is 1. The van der Waals surface area contributed by atoms with E-state index >= 15 is 0 Å². The molecular weight excluding hydrogens is 311 g/mol. The quantitative estimate of drug-likeness (QED) is 0.623. The number of hydrogen-bond acceptors (Lipinski definition) is 3. The Morgan fingerprint density at radius 3 is 2.41 bits per heavy atom. The van der Waals surface area contributed by atoms with Crippen LogP contribution < -0.4 is 0 Å². The number of alkyl halides is 5. The summed E-state index contributed by atoms with van der Waals surface area (Å²) in [7, 11) is 0. The zero-order chi connectivity index (χ0) is 16.9. The van der Waals surface area contributed by atoms with Crippen LogP contribution in [0.4, 0.5) is 22.0 Å². The smallest absolute Gasteiger partial charge is 0.376 e. The molecule has 3 nitrogen and oxygen atoms in total. The molecule has 0 spiro atoms. The molecule has 2 rings (SSSR count). The van der Waals surface area contributed by atoms with E-state index in [1.807, 2.05) is 0 Å². The van der Waals surface area contributed by atoms with Gasteiger partial charge in [0.15, 0.2) is 5.78 Å². The molecule has 22 heavy (non-hydrogen) atoms. The SMILES string of the molecule is C=C(C)C(=O)COCC1CC2CC1C(F)(F)C2(O)C(F)(F)F. The van der Waals surface area contributed by atoms with Crippen molar-refractivity contribution in [2.75, 3.05) is 13.2 Å². The molecule has 0 aromatic carbocycles. The summed E-state index contributed by atoms with van der Waals surface area (Å²) in [5, 5.41) is 9.57. The van der Waals surface area contributed by atoms with Crippen LogP contribution in [-0.2, 0) is 9.53 Å². The van der Waals surface area contributed by atoms with Gasteiger partial charge in [-0.3, -0.25) is 4.79 Å². The molecular formula is C14H17F5O3. The molecule has 0 saturated heterocycles. The predicted octanol–water partition coefficient (Wildman–Crippen LogP) is 2.73. The molecule has 4 atom stereocenters. The summed E-state index contributed by atoms with van der Waals surface area (Å²) in [4.78, 5) is 11.3. The zero-order valence-electron chi connectivity index (χ0n) is 11.9. The standard InChI is InChI=1S/C14H17F5O3/c1-7(2)11(20)6-22-5-8-3-9-4-10(8)13(15,16)12(9,21)14(17,18)19/h8-10,21H,1,3-6H2,2H3. The molecule has 126 valence electrons. The predicted molar refractivity (Wildman–Crippen MR) is 66.3 cm³/mol. The van der Waals surface area contributed by atoms with Gasteiger partial charge in [0.05, 0.1) is 6.61 Å². The topological polar surface area (TPSA) is 46.5 Å². The van der Waals surface area contributed by atoms with Crippen LogP contribution in [0.2, 0.25) is 0 Å². The van der Waals surface area contributed by atoms with Gasteiger partial charge in [-0.2, -0.15) is 13.2 Å². The fraction of sp³-hybridized carbons (Fsp3) is 0.786. The van der Waals surface area contributed by atoms with Crippen LogP contribution in [0.1, 0.15) is 19.8 Å². The third-order valence-electron chi connectivity index (χ3n) is 4.73. The van der Waals surface area contributed by atoms with Crippen molar-refractivity contribution >= 4 is 5.78 Å². The second-order valence-corrected chi connectivity index (χ2v) is 6.14. The molecule has 0 amide bonds. The lowest BCUT2D eigenvalue weighted by Crippen LogP contribution is -2.63. The van der Waals surface area contributed by atoms with Crippen molar-refractivity contribution in [1.82, 2.24) is 0 Å². The monoisotopic (exact) mass is 328 g/mol. The number of carbonyl (C=O) groups excluding carboxylic acids is 1. The minimum Gasteiger partial charge on any atom is -0.376 e. The molecule has 2 bridgehead atoms. The number of ether oxygens (including phenoxy) is 1. The second kappa shape index (κ2) is 5.26. The average molecular weight is 328 g/mol. The lowest BCUT2D eigenvalue weighted by molar-refractivity contribution is -0.351. The van der Waals surface area contributed by atoms with Gasteiger partial charge in [-0.25, -0.2) is 8.78 Å². The lowest BCUT2D eigenvalue weighted by atomic mass is 9.75. The normalized spacial score (nSPS) is 36.6. The highest BCUT2D eigenvalue weighted by Crippen LogP contribution is 2.66. The third-order valence-corrected chi connectivity index (χ3v) is 4.73. The summed E-state index contributed by atoms with van der Waals surface area (Å²) in [6.45, 7) is 4.31. The number of ketones is 1. The van der Waals surface area contributed by atoms with Gasteiger partial charge in [-0.05, 0) is 31.3 Å². The molecule has 0 aromatic rings. The van der Waals surface area contributed by atoms with Crippen molar-refractivity contribution in [2.24, 2.45) is 17.8 Å². The van der Waals surface area contributed by atoms with Crippen molar-refractivity contribution in [3.05, 3.63) is 12.2 Å². The van der Waals surface area contributed by atoms with Gasteiger partial charge in [-0.15, -0.1) is 0 Å². The molecule has 2 aliphatic carbocycles. The molecule has 0 radical (unpaired) electrons. The van der Waals surface area contributed by atoms with Gasteiger partial charge in [0.25, 0.3) is 5.92 Å². The average Bonchev–Trinajstić information content (AvgIpc) is 2.87. The van der Waals surface area contributed by atoms with Crippen molar-refractivity contribution in [1.29, 1.82) is 0 Å². The van der Waals surface area contributed by atoms with Crippen molar-refractivity contribution in [3.8, 4) is 0 Å². The first-order valence-corrected chi connectivity index (χ1v) is 6.86. The first-order valence-electron chi connectivity index (χ1n) is 6.86. The van der Waals surface area contributed by atoms with Gasteiger partial charge < -0.3 is 9.84 Å². The fourth-order valence-corrected chi connectivity index (χ4v) is 3.50. The summed E-state index contributed by atoms with van der Waals surface area (Å²) in [6, 6.07) is 0. The second-order valence-electron chi connectivity index (χ2n) is 6.14. The van der Waals surface area contributed by atoms with Crippen LogP contribution in [-0.4, -0.2) is 41.8 Å². The molecule has 0 heterocycles. The van der Waals surface area contributed by atoms with Gasteiger partial charge in [0.2, 0.25) is 5.60 Å². The van der Waals surface area contributed by atoms with E-state index in [-0.39, 0.29) is 31.0 Å². The number of fused-ring (bicyclic) bond motifs is 2. The summed E-state index contributed by atoms with van der Waals surface area (Å²) in [5.41, 5.74) is -3.71. The van der Waals surface area contributed by atoms with E-state index in [0.29, 0.717) is 0 Å². The molecule has 8 heteroatoms. The Kier molecular flexibility index (Phi) is 4.15. The van der Waals surface area contributed by atoms with E-state index in [9.17, 15) is 31.9 Å². The Morgan fingerprint density at radius 1 is 1.36 bits per heavy atom. The first kappa shape index (κ1) is 17.3. The van der Waals surface area contributed by atoms with E-state index in [4.69, 9.17) is 4.74 Å². The van der Waals surface area contributed by atoms with Crippen LogP contribution in [0.3, 0.4) is 0 Å². The molecule has 0 aliphatic heterocycles. The van der Waals surface area contributed by atoms with Crippen molar-refractivity contribution < 1.29 is 36.6 Å². The van der Waals surface area contributed by atoms with E-state index in [1.165, 1.54) is 6.92 Å². The molecule has 0 aromatic heterocycles. The minimum atomic E-state index is -5.38. The fourth-order valence-electron chi connectivity index (χ4n) is 3.50. The van der Waals surface area contributed by atoms with Crippen LogP contribution in [0, 0.1) is 17.8 Å². The minimum absolute atomic E-state index is 0.197. The highest BCUT2D eigenvalue weighted by atomic mass is 19.4. The number of halogens is 5. The summed E-state index contributed by atoms with van der Waals surface area (Å²) >= 11 is 0. The summed E-state index contributed by atoms with van der Waals surface area (Å²) < 4.78 is 71.7. The van der Waals surface area contributed by atoms with Crippen LogP contribution >= 0.6 is 0 Å². The van der Waals surface area contributed by atoms with E-state index in [1.54, 1.807) is 0 Å². The molecule has 2 aliphatic rings. The van der Waals surface area contributed by atoms with E-state index in [0.717, 1.165) is 0 Å². The number of rotatable bonds is 5. The van der Waals surface area contributed by atoms with Gasteiger partial charge >= 0.3 is 6.18 Å². The molecule has 2 saturated carbocycles. The van der Waals surface area contributed by atoms with Crippen LogP contribution in [0.5, 0.6) is 0 Å². The zero-order valence-corrected chi connectivity index (χ0v) is 11.9. The Labute approximate surface area is 124 Å². The van der Waals surface area contributed by atoms with Gasteiger partial charge in [-0.1, -0.05) is 6.58 Å². The maximum Gasteiger partial charge on any atom is 0.423 e. The van der Waals surface area contributed by atoms with Crippen molar-refractivity contribution in [2.45, 2.75) is 37.5 Å². The van der Waals surface area contributed by atoms with E-state index < -0.39 is 41.9 Å². The van der Waals surface area contributed by atoms with Crippen molar-refractivity contribution in [3.63, 3.8) is 0 Å². The Balaban J connectivity index is 2.03. The largest absolute Gasteiger partial charge is 0.423 e. The number of carbonyl (C=O) groups is 1. The van der Waals surface area contributed by atoms with Crippen LogP contribution in [0.25, 0.3) is 0 Å². The third kappa shape index (κ3) is 2.36. The molecule has 2 fully saturated rings. The van der Waals surface area contributed by atoms with E-state index in [2.05, 4.69) is 6.58 Å². The maximum atomic E-state index is 14.0. The molecule has 4 unspecified atom stereocenters. The van der Waals surface area contributed by atoms with Gasteiger partial charge in [0.1, 0.15) is 6.61 Å². The number of aliphatic hydroxyl groups is 1. The highest BCUT2D eigenvalue weighted by Gasteiger charge is 2.81. The Bertz CT molecular complexity index is 487. The molecule has 1 N–H and O–H groups in total. The maximum absolute atomic E-state index is 14.0. The van der Waals surface area contributed by atoms with Crippen LogP contribution in [0.15, 0.2) is 12.2 Å². The Morgan fingerprint density at radius 2 is 1.95 bits per heavy atom. The first-order chi connectivity index (χ1) is 9.93.